The summed E-state index contributed by atoms with van der Waals surface area (Å²) in [6.07, 6.45) is 1.25. The first-order valence-electron chi connectivity index (χ1n) is 3.75. The average Bonchev–Trinajstić information content (AvgIpc) is 2.59. The van der Waals surface area contributed by atoms with Gasteiger partial charge in [0, 0.05) is 12.4 Å². The Morgan fingerprint density at radius 1 is 1.50 bits per heavy atom. The molecular weight excluding hydrogens is 160 g/mol. The van der Waals surface area contributed by atoms with Gasteiger partial charge in [-0.15, -0.1) is 0 Å². The predicted molar refractivity (Wildman–Crippen MR) is 39.3 cm³/mol. The van der Waals surface area contributed by atoms with E-state index in [-0.39, 0.29) is 6.61 Å². The highest BCUT2D eigenvalue weighted by Crippen LogP contribution is 2.32. The third-order valence-corrected chi connectivity index (χ3v) is 2.23. The largest absolute Gasteiger partial charge is 0.394 e. The van der Waals surface area contributed by atoms with E-state index in [9.17, 15) is 10.2 Å². The molecule has 0 fully saturated rings. The van der Waals surface area contributed by atoms with Gasteiger partial charge >= 0.3 is 0 Å². The van der Waals surface area contributed by atoms with Crippen LogP contribution in [-0.2, 0) is 0 Å². The molecule has 1 aromatic rings. The number of hydrogen-bond acceptors (Lipinski definition) is 4. The van der Waals surface area contributed by atoms with Crippen molar-refractivity contribution in [2.75, 3.05) is 6.61 Å². The second kappa shape index (κ2) is 2.55. The van der Waals surface area contributed by atoms with Crippen LogP contribution in [0.1, 0.15) is 18.0 Å². The minimum atomic E-state index is -0.975. The number of rotatable bonds is 1. The summed E-state index contributed by atoms with van der Waals surface area (Å²) in [5.41, 5.74) is 0. The molecule has 66 valence electrons. The molecule has 2 rings (SSSR count). The van der Waals surface area contributed by atoms with Gasteiger partial charge in [-0.3, -0.25) is 0 Å². The molecule has 0 spiro atoms. The van der Waals surface area contributed by atoms with Crippen molar-refractivity contribution in [2.45, 2.75) is 18.2 Å². The molecule has 0 amide bonds. The van der Waals surface area contributed by atoms with Crippen molar-refractivity contribution in [2.24, 2.45) is 0 Å². The Morgan fingerprint density at radius 2 is 2.25 bits per heavy atom. The summed E-state index contributed by atoms with van der Waals surface area (Å²) in [4.78, 5) is 3.87. The molecule has 1 aromatic heterocycles. The molecule has 0 bridgehead atoms. The van der Waals surface area contributed by atoms with Crippen molar-refractivity contribution in [1.82, 2.24) is 9.55 Å². The number of nitrogens with zero attached hydrogens (tertiary/aromatic N) is 2. The van der Waals surface area contributed by atoms with E-state index < -0.39 is 18.2 Å². The summed E-state index contributed by atoms with van der Waals surface area (Å²) in [7, 11) is 0. The molecule has 1 aliphatic heterocycles. The quantitative estimate of drug-likeness (QED) is 0.496. The monoisotopic (exact) mass is 170 g/mol. The van der Waals surface area contributed by atoms with Gasteiger partial charge in [0.25, 0.3) is 0 Å². The van der Waals surface area contributed by atoms with Crippen LogP contribution >= 0.6 is 0 Å². The van der Waals surface area contributed by atoms with Crippen LogP contribution in [-0.4, -0.2) is 37.6 Å². The summed E-state index contributed by atoms with van der Waals surface area (Å²) in [5.74, 6) is 0.418. The molecule has 0 radical (unpaired) electrons. The maximum Gasteiger partial charge on any atom is 0.140 e. The Hall–Kier alpha value is -0.910. The lowest BCUT2D eigenvalue weighted by Crippen LogP contribution is -2.23. The smallest absolute Gasteiger partial charge is 0.140 e. The van der Waals surface area contributed by atoms with Crippen molar-refractivity contribution in [3.8, 4) is 0 Å². The Balaban J connectivity index is 2.42. The summed E-state index contributed by atoms with van der Waals surface area (Å²) >= 11 is 0. The molecular formula is C7H10N2O3. The summed E-state index contributed by atoms with van der Waals surface area (Å²) < 4.78 is 1.59. The van der Waals surface area contributed by atoms with E-state index in [2.05, 4.69) is 4.98 Å². The van der Waals surface area contributed by atoms with Crippen molar-refractivity contribution >= 4 is 0 Å². The fraction of sp³-hybridized carbons (Fsp3) is 0.571. The average molecular weight is 170 g/mol. The molecule has 3 atom stereocenters. The van der Waals surface area contributed by atoms with Crippen molar-refractivity contribution in [3.05, 3.63) is 18.2 Å². The van der Waals surface area contributed by atoms with Crippen LogP contribution in [0.5, 0.6) is 0 Å². The standard InChI is InChI=1S/C7H10N2O3/c10-3-4-5(11)6(12)7-8-1-2-9(4)7/h1-2,4-6,10-12H,3H2. The van der Waals surface area contributed by atoms with Crippen LogP contribution < -0.4 is 0 Å². The topological polar surface area (TPSA) is 78.5 Å². The van der Waals surface area contributed by atoms with Crippen LogP contribution in [0.3, 0.4) is 0 Å². The predicted octanol–water partition coefficient (Wildman–Crippen LogP) is -1.18. The highest BCUT2D eigenvalue weighted by Gasteiger charge is 2.38. The zero-order valence-electron chi connectivity index (χ0n) is 6.33. The molecule has 0 aromatic carbocycles. The second-order valence-electron chi connectivity index (χ2n) is 2.88. The molecule has 0 aliphatic carbocycles. The maximum absolute atomic E-state index is 9.40. The van der Waals surface area contributed by atoms with Gasteiger partial charge in [0.2, 0.25) is 0 Å². The highest BCUT2D eigenvalue weighted by atomic mass is 16.3. The molecule has 3 N–H and O–H groups in total. The van der Waals surface area contributed by atoms with E-state index in [4.69, 9.17) is 5.11 Å². The lowest BCUT2D eigenvalue weighted by molar-refractivity contribution is -0.00198. The Morgan fingerprint density at radius 3 is 2.92 bits per heavy atom. The van der Waals surface area contributed by atoms with Crippen molar-refractivity contribution in [1.29, 1.82) is 0 Å². The molecule has 0 saturated heterocycles. The van der Waals surface area contributed by atoms with E-state index in [1.54, 1.807) is 10.8 Å². The number of imidazole rings is 1. The fourth-order valence-electron chi connectivity index (χ4n) is 1.56. The Labute approximate surface area is 68.9 Å². The van der Waals surface area contributed by atoms with Crippen molar-refractivity contribution in [3.63, 3.8) is 0 Å². The van der Waals surface area contributed by atoms with Gasteiger partial charge in [0.1, 0.15) is 18.0 Å². The number of hydrogen-bond donors (Lipinski definition) is 3. The fourth-order valence-corrected chi connectivity index (χ4v) is 1.56. The van der Waals surface area contributed by atoms with Crippen LogP contribution in [0, 0.1) is 0 Å². The SMILES string of the molecule is OCC1C(O)C(O)c2nccn21. The number of aliphatic hydroxyl groups excluding tert-OH is 3. The maximum atomic E-state index is 9.40. The Kier molecular flexibility index (Phi) is 1.64. The van der Waals surface area contributed by atoms with Gasteiger partial charge < -0.3 is 19.9 Å². The number of aromatic nitrogens is 2. The number of aliphatic hydroxyl groups is 3. The highest BCUT2D eigenvalue weighted by molar-refractivity contribution is 5.09. The molecule has 1 aliphatic rings. The minimum Gasteiger partial charge on any atom is -0.394 e. The molecule has 12 heavy (non-hydrogen) atoms. The lowest BCUT2D eigenvalue weighted by atomic mass is 10.1. The second-order valence-corrected chi connectivity index (χ2v) is 2.88. The molecule has 5 nitrogen and oxygen atoms in total. The van der Waals surface area contributed by atoms with Crippen LogP contribution in [0.15, 0.2) is 12.4 Å². The molecule has 5 heteroatoms. The van der Waals surface area contributed by atoms with Crippen LogP contribution in [0.4, 0.5) is 0 Å². The summed E-state index contributed by atoms with van der Waals surface area (Å²) in [6.45, 7) is -0.193. The normalized spacial score (nSPS) is 33.8. The van der Waals surface area contributed by atoms with Gasteiger partial charge in [-0.25, -0.2) is 4.98 Å². The molecule has 0 saturated carbocycles. The zero-order chi connectivity index (χ0) is 8.72. The van der Waals surface area contributed by atoms with Gasteiger partial charge in [-0.1, -0.05) is 0 Å². The third-order valence-electron chi connectivity index (χ3n) is 2.23. The molecule has 2 heterocycles. The van der Waals surface area contributed by atoms with E-state index in [1.165, 1.54) is 6.20 Å². The zero-order valence-corrected chi connectivity index (χ0v) is 6.33. The van der Waals surface area contributed by atoms with Gasteiger partial charge in [-0.05, 0) is 0 Å². The van der Waals surface area contributed by atoms with Crippen LogP contribution in [0.25, 0.3) is 0 Å². The number of fused-ring (bicyclic) bond motifs is 1. The first-order chi connectivity index (χ1) is 5.75. The lowest BCUT2D eigenvalue weighted by Gasteiger charge is -2.14. The van der Waals surface area contributed by atoms with E-state index in [0.29, 0.717) is 5.82 Å². The minimum absolute atomic E-state index is 0.193. The molecule has 3 unspecified atom stereocenters. The summed E-state index contributed by atoms with van der Waals surface area (Å²) in [6, 6.07) is -0.461. The first-order valence-corrected chi connectivity index (χ1v) is 3.75. The van der Waals surface area contributed by atoms with Crippen molar-refractivity contribution < 1.29 is 15.3 Å². The Bertz CT molecular complexity index is 286. The van der Waals surface area contributed by atoms with E-state index in [0.717, 1.165) is 0 Å². The van der Waals surface area contributed by atoms with Gasteiger partial charge in [-0.2, -0.15) is 0 Å². The van der Waals surface area contributed by atoms with Crippen LogP contribution in [0.2, 0.25) is 0 Å². The van der Waals surface area contributed by atoms with Gasteiger partial charge in [0.15, 0.2) is 0 Å². The van der Waals surface area contributed by atoms with Gasteiger partial charge in [0.05, 0.1) is 12.6 Å². The van der Waals surface area contributed by atoms with E-state index >= 15 is 0 Å². The third kappa shape index (κ3) is 0.811. The summed E-state index contributed by atoms with van der Waals surface area (Å²) in [5, 5.41) is 27.7. The first kappa shape index (κ1) is 7.72. The van der Waals surface area contributed by atoms with E-state index in [1.807, 2.05) is 0 Å².